The summed E-state index contributed by atoms with van der Waals surface area (Å²) in [6.45, 7) is 9.69. The maximum absolute atomic E-state index is 12.1. The van der Waals surface area contributed by atoms with Crippen LogP contribution in [0.1, 0.15) is 50.5 Å². The molecule has 0 saturated carbocycles. The molecule has 0 saturated heterocycles. The van der Waals surface area contributed by atoms with E-state index in [0.29, 0.717) is 5.56 Å². The van der Waals surface area contributed by atoms with Crippen LogP contribution < -0.4 is 0 Å². The molecule has 1 atom stereocenters. The zero-order valence-electron chi connectivity index (χ0n) is 12.5. The molecule has 3 nitrogen and oxygen atoms in total. The van der Waals surface area contributed by atoms with Crippen molar-refractivity contribution in [3.63, 3.8) is 0 Å². The van der Waals surface area contributed by atoms with E-state index in [2.05, 4.69) is 4.74 Å². The Morgan fingerprint density at radius 1 is 1.00 bits per heavy atom. The third kappa shape index (κ3) is 2.70. The van der Waals surface area contributed by atoms with Crippen molar-refractivity contribution >= 4 is 11.8 Å². The lowest BCUT2D eigenvalue weighted by Gasteiger charge is -2.40. The van der Waals surface area contributed by atoms with Crippen LogP contribution >= 0.6 is 0 Å². The van der Waals surface area contributed by atoms with Crippen molar-refractivity contribution in [2.24, 2.45) is 5.41 Å². The monoisotopic (exact) mass is 262 g/mol. The molecule has 3 heteroatoms. The molecule has 1 rings (SSSR count). The van der Waals surface area contributed by atoms with Gasteiger partial charge in [-0.3, -0.25) is 4.79 Å². The van der Waals surface area contributed by atoms with Crippen LogP contribution in [-0.2, 0) is 14.9 Å². The SMILES string of the molecule is COC(=O)c1ccc(C(C)(C(C)=O)C(C)(C)C)cc1. The van der Waals surface area contributed by atoms with Crippen LogP contribution in [0.5, 0.6) is 0 Å². The quantitative estimate of drug-likeness (QED) is 0.784. The highest BCUT2D eigenvalue weighted by molar-refractivity contribution is 5.91. The molecule has 1 unspecified atom stereocenters. The fraction of sp³-hybridized carbons (Fsp3) is 0.500. The highest BCUT2D eigenvalue weighted by Crippen LogP contribution is 2.42. The van der Waals surface area contributed by atoms with Crippen molar-refractivity contribution in [1.29, 1.82) is 0 Å². The lowest BCUT2D eigenvalue weighted by atomic mass is 9.62. The first-order chi connectivity index (χ1) is 8.64. The second kappa shape index (κ2) is 5.16. The average molecular weight is 262 g/mol. The van der Waals surface area contributed by atoms with E-state index < -0.39 is 5.41 Å². The number of esters is 1. The number of methoxy groups -OCH3 is 1. The number of carbonyl (C=O) groups excluding carboxylic acids is 2. The third-order valence-electron chi connectivity index (χ3n) is 4.09. The van der Waals surface area contributed by atoms with E-state index >= 15 is 0 Å². The Kier molecular flexibility index (Phi) is 4.18. The first-order valence-corrected chi connectivity index (χ1v) is 6.34. The zero-order chi connectivity index (χ0) is 14.8. The Balaban J connectivity index is 3.28. The van der Waals surface area contributed by atoms with Gasteiger partial charge < -0.3 is 4.74 Å². The number of ether oxygens (including phenoxy) is 1. The average Bonchev–Trinajstić information content (AvgIpc) is 2.35. The van der Waals surface area contributed by atoms with E-state index in [1.807, 2.05) is 39.8 Å². The Morgan fingerprint density at radius 2 is 1.47 bits per heavy atom. The maximum Gasteiger partial charge on any atom is 0.337 e. The van der Waals surface area contributed by atoms with Crippen molar-refractivity contribution < 1.29 is 14.3 Å². The minimum atomic E-state index is -0.582. The summed E-state index contributed by atoms with van der Waals surface area (Å²) < 4.78 is 4.67. The fourth-order valence-electron chi connectivity index (χ4n) is 2.22. The summed E-state index contributed by atoms with van der Waals surface area (Å²) in [7, 11) is 1.35. The molecule has 0 N–H and O–H groups in total. The first kappa shape index (κ1) is 15.4. The summed E-state index contributed by atoms with van der Waals surface area (Å²) in [4.78, 5) is 23.5. The molecule has 0 aliphatic carbocycles. The topological polar surface area (TPSA) is 43.4 Å². The van der Waals surface area contributed by atoms with Crippen LogP contribution in [0.2, 0.25) is 0 Å². The predicted octanol–water partition coefficient (Wildman–Crippen LogP) is 3.37. The van der Waals surface area contributed by atoms with Crippen molar-refractivity contribution in [3.8, 4) is 0 Å². The molecule has 1 aromatic carbocycles. The van der Waals surface area contributed by atoms with Gasteiger partial charge in [0.25, 0.3) is 0 Å². The molecule has 0 amide bonds. The van der Waals surface area contributed by atoms with Crippen molar-refractivity contribution in [2.75, 3.05) is 7.11 Å². The molecule has 19 heavy (non-hydrogen) atoms. The van der Waals surface area contributed by atoms with E-state index in [0.717, 1.165) is 5.56 Å². The van der Waals surface area contributed by atoms with Gasteiger partial charge in [0, 0.05) is 0 Å². The van der Waals surface area contributed by atoms with Gasteiger partial charge in [-0.2, -0.15) is 0 Å². The van der Waals surface area contributed by atoms with E-state index in [-0.39, 0.29) is 17.2 Å². The number of carbonyl (C=O) groups is 2. The number of Topliss-reactive ketones (excluding diaryl/α,β-unsaturated/α-hetero) is 1. The van der Waals surface area contributed by atoms with E-state index in [9.17, 15) is 9.59 Å². The fourth-order valence-corrected chi connectivity index (χ4v) is 2.22. The molecule has 0 aliphatic rings. The largest absolute Gasteiger partial charge is 0.465 e. The van der Waals surface area contributed by atoms with Gasteiger partial charge in [0.2, 0.25) is 0 Å². The minimum Gasteiger partial charge on any atom is -0.465 e. The van der Waals surface area contributed by atoms with Gasteiger partial charge >= 0.3 is 5.97 Å². The summed E-state index contributed by atoms with van der Waals surface area (Å²) in [5.74, 6) is -0.252. The Hall–Kier alpha value is -1.64. The molecular weight excluding hydrogens is 240 g/mol. The summed E-state index contributed by atoms with van der Waals surface area (Å²) in [6, 6.07) is 7.07. The molecule has 0 aromatic heterocycles. The van der Waals surface area contributed by atoms with Gasteiger partial charge in [0.15, 0.2) is 0 Å². The molecule has 0 radical (unpaired) electrons. The first-order valence-electron chi connectivity index (χ1n) is 6.34. The lowest BCUT2D eigenvalue weighted by Crippen LogP contribution is -2.43. The second-order valence-corrected chi connectivity index (χ2v) is 6.00. The standard InChI is InChI=1S/C16H22O3/c1-11(17)16(5,15(2,3)4)13-9-7-12(8-10-13)14(18)19-6/h7-10H,1-6H3. The van der Waals surface area contributed by atoms with Gasteiger partial charge in [-0.15, -0.1) is 0 Å². The van der Waals surface area contributed by atoms with Crippen LogP contribution in [0, 0.1) is 5.41 Å². The second-order valence-electron chi connectivity index (χ2n) is 6.00. The van der Waals surface area contributed by atoms with Crippen LogP contribution in [0.4, 0.5) is 0 Å². The van der Waals surface area contributed by atoms with Gasteiger partial charge in [-0.1, -0.05) is 32.9 Å². The van der Waals surface area contributed by atoms with E-state index in [1.54, 1.807) is 19.1 Å². The normalized spacial score (nSPS) is 14.6. The molecular formula is C16H22O3. The van der Waals surface area contributed by atoms with Gasteiger partial charge in [-0.05, 0) is 37.0 Å². The van der Waals surface area contributed by atoms with Crippen molar-refractivity contribution in [1.82, 2.24) is 0 Å². The molecule has 0 bridgehead atoms. The van der Waals surface area contributed by atoms with Crippen molar-refractivity contribution in [2.45, 2.75) is 40.0 Å². The van der Waals surface area contributed by atoms with Crippen LogP contribution in [0.25, 0.3) is 0 Å². The molecule has 1 aromatic rings. The predicted molar refractivity (Wildman–Crippen MR) is 75.3 cm³/mol. The Bertz CT molecular complexity index is 480. The van der Waals surface area contributed by atoms with Gasteiger partial charge in [-0.25, -0.2) is 4.79 Å². The summed E-state index contributed by atoms with van der Waals surface area (Å²) in [5, 5.41) is 0. The number of ketones is 1. The van der Waals surface area contributed by atoms with Gasteiger partial charge in [0.05, 0.1) is 18.1 Å². The smallest absolute Gasteiger partial charge is 0.337 e. The maximum atomic E-state index is 12.1. The van der Waals surface area contributed by atoms with Crippen LogP contribution in [-0.4, -0.2) is 18.9 Å². The van der Waals surface area contributed by atoms with Crippen molar-refractivity contribution in [3.05, 3.63) is 35.4 Å². The minimum absolute atomic E-state index is 0.116. The van der Waals surface area contributed by atoms with Crippen LogP contribution in [0.3, 0.4) is 0 Å². The Morgan fingerprint density at radius 3 is 1.79 bits per heavy atom. The summed E-state index contributed by atoms with van der Waals surface area (Å²) >= 11 is 0. The molecule has 0 heterocycles. The number of hydrogen-bond donors (Lipinski definition) is 0. The number of rotatable bonds is 3. The highest BCUT2D eigenvalue weighted by atomic mass is 16.5. The molecule has 0 spiro atoms. The van der Waals surface area contributed by atoms with E-state index in [4.69, 9.17) is 0 Å². The highest BCUT2D eigenvalue weighted by Gasteiger charge is 2.43. The number of hydrogen-bond acceptors (Lipinski definition) is 3. The molecule has 0 aliphatic heterocycles. The summed E-state index contributed by atoms with van der Waals surface area (Å²) in [5.41, 5.74) is 0.624. The summed E-state index contributed by atoms with van der Waals surface area (Å²) in [6.07, 6.45) is 0. The Labute approximate surface area is 115 Å². The number of benzene rings is 1. The third-order valence-corrected chi connectivity index (χ3v) is 4.09. The molecule has 0 fully saturated rings. The zero-order valence-corrected chi connectivity index (χ0v) is 12.5. The lowest BCUT2D eigenvalue weighted by molar-refractivity contribution is -0.125. The van der Waals surface area contributed by atoms with Gasteiger partial charge in [0.1, 0.15) is 5.78 Å². The molecule has 104 valence electrons. The van der Waals surface area contributed by atoms with E-state index in [1.165, 1.54) is 7.11 Å². The van der Waals surface area contributed by atoms with Crippen LogP contribution in [0.15, 0.2) is 24.3 Å².